The Labute approximate surface area is 165 Å². The van der Waals surface area contributed by atoms with Gasteiger partial charge in [-0.2, -0.15) is 0 Å². The molecule has 2 aromatic heterocycles. The zero-order valence-corrected chi connectivity index (χ0v) is 16.5. The molecule has 2 N–H and O–H groups in total. The van der Waals surface area contributed by atoms with Gasteiger partial charge in [0.25, 0.3) is 0 Å². The molecule has 0 aliphatic carbocycles. The largest absolute Gasteiger partial charge is 0.497 e. The second kappa shape index (κ2) is 7.59. The normalized spacial score (nSPS) is 16.7. The highest BCUT2D eigenvalue weighted by molar-refractivity contribution is 7.15. The maximum Gasteiger partial charge on any atom is 0.231 e. The Kier molecular flexibility index (Phi) is 4.99. The minimum Gasteiger partial charge on any atom is -0.497 e. The van der Waals surface area contributed by atoms with Gasteiger partial charge in [0, 0.05) is 36.6 Å². The Morgan fingerprint density at radius 2 is 2.29 bits per heavy atom. The van der Waals surface area contributed by atoms with E-state index < -0.39 is 0 Å². The van der Waals surface area contributed by atoms with Crippen molar-refractivity contribution in [2.75, 3.05) is 25.5 Å². The lowest BCUT2D eigenvalue weighted by molar-refractivity contribution is -0.128. The molecule has 146 valence electrons. The van der Waals surface area contributed by atoms with Crippen LogP contribution in [0.15, 0.2) is 24.4 Å². The molecule has 0 radical (unpaired) electrons. The van der Waals surface area contributed by atoms with Gasteiger partial charge in [-0.3, -0.25) is 9.59 Å². The Morgan fingerprint density at radius 3 is 3.04 bits per heavy atom. The molecule has 3 heterocycles. The van der Waals surface area contributed by atoms with Crippen LogP contribution in [-0.2, 0) is 16.0 Å². The molecule has 4 rings (SSSR count). The zero-order valence-electron chi connectivity index (χ0n) is 15.7. The molecule has 0 unspecified atom stereocenters. The maximum absolute atomic E-state index is 12.4. The Hall–Kier alpha value is -2.94. The number of carbonyl (C=O) groups excluding carboxylic acids is 2. The van der Waals surface area contributed by atoms with Gasteiger partial charge >= 0.3 is 0 Å². The first kappa shape index (κ1) is 18.4. The number of aryl methyl sites for hydroxylation is 1. The molecule has 0 spiro atoms. The number of likely N-dealkylation sites (tertiary alicyclic amines) is 1. The number of ether oxygens (including phenoxy) is 1. The number of amides is 2. The van der Waals surface area contributed by atoms with E-state index in [4.69, 9.17) is 4.74 Å². The van der Waals surface area contributed by atoms with Gasteiger partial charge in [-0.05, 0) is 37.1 Å². The fourth-order valence-electron chi connectivity index (χ4n) is 3.47. The average molecular weight is 399 g/mol. The molecule has 28 heavy (non-hydrogen) atoms. The summed E-state index contributed by atoms with van der Waals surface area (Å²) in [5.41, 5.74) is 2.16. The van der Waals surface area contributed by atoms with E-state index in [1.807, 2.05) is 31.3 Å². The third-order valence-electron chi connectivity index (χ3n) is 4.97. The van der Waals surface area contributed by atoms with Crippen molar-refractivity contribution in [2.45, 2.75) is 19.8 Å². The molecule has 0 bridgehead atoms. The van der Waals surface area contributed by atoms with Crippen LogP contribution in [0.3, 0.4) is 0 Å². The number of nitrogens with one attached hydrogen (secondary N) is 2. The lowest BCUT2D eigenvalue weighted by Gasteiger charge is -2.16. The van der Waals surface area contributed by atoms with Crippen LogP contribution < -0.4 is 10.1 Å². The predicted octanol–water partition coefficient (Wildman–Crippen LogP) is 2.37. The van der Waals surface area contributed by atoms with Gasteiger partial charge in [0.2, 0.25) is 16.9 Å². The molecule has 9 heteroatoms. The van der Waals surface area contributed by atoms with E-state index in [0.29, 0.717) is 24.6 Å². The van der Waals surface area contributed by atoms with Gasteiger partial charge in [-0.25, -0.2) is 0 Å². The van der Waals surface area contributed by atoms with Gasteiger partial charge in [0.05, 0.1) is 13.0 Å². The number of hydrogen-bond acceptors (Lipinski definition) is 6. The van der Waals surface area contributed by atoms with E-state index in [1.165, 1.54) is 11.3 Å². The van der Waals surface area contributed by atoms with E-state index >= 15 is 0 Å². The molecule has 1 aliphatic heterocycles. The van der Waals surface area contributed by atoms with Crippen molar-refractivity contribution in [1.29, 1.82) is 0 Å². The van der Waals surface area contributed by atoms with Crippen LogP contribution in [0, 0.1) is 12.8 Å². The summed E-state index contributed by atoms with van der Waals surface area (Å²) in [6, 6.07) is 5.89. The Balaban J connectivity index is 1.38. The molecule has 1 aliphatic rings. The Morgan fingerprint density at radius 1 is 1.43 bits per heavy atom. The first-order chi connectivity index (χ1) is 13.5. The van der Waals surface area contributed by atoms with Crippen LogP contribution in [0.2, 0.25) is 0 Å². The third kappa shape index (κ3) is 3.70. The van der Waals surface area contributed by atoms with Crippen LogP contribution in [0.5, 0.6) is 5.75 Å². The van der Waals surface area contributed by atoms with E-state index in [1.54, 1.807) is 12.0 Å². The Bertz CT molecular complexity index is 1030. The average Bonchev–Trinajstić information content (AvgIpc) is 3.38. The first-order valence-corrected chi connectivity index (χ1v) is 9.88. The van der Waals surface area contributed by atoms with Crippen molar-refractivity contribution >= 4 is 39.2 Å². The van der Waals surface area contributed by atoms with Crippen molar-refractivity contribution in [1.82, 2.24) is 20.1 Å². The highest BCUT2D eigenvalue weighted by Gasteiger charge is 2.34. The summed E-state index contributed by atoms with van der Waals surface area (Å²) >= 11 is 1.32. The van der Waals surface area contributed by atoms with E-state index in [-0.39, 0.29) is 24.2 Å². The molecule has 8 nitrogen and oxygen atoms in total. The monoisotopic (exact) mass is 399 g/mol. The summed E-state index contributed by atoms with van der Waals surface area (Å²) in [5, 5.41) is 12.9. The molecule has 1 atom stereocenters. The number of nitrogens with zero attached hydrogens (tertiary/aromatic N) is 3. The van der Waals surface area contributed by atoms with Gasteiger partial charge in [0.1, 0.15) is 10.8 Å². The van der Waals surface area contributed by atoms with Crippen LogP contribution in [0.25, 0.3) is 10.9 Å². The van der Waals surface area contributed by atoms with Gasteiger partial charge in [-0.1, -0.05) is 11.3 Å². The van der Waals surface area contributed by atoms with Crippen LogP contribution >= 0.6 is 11.3 Å². The summed E-state index contributed by atoms with van der Waals surface area (Å²) in [5.74, 6) is 0.267. The minimum atomic E-state index is -0.361. The summed E-state index contributed by atoms with van der Waals surface area (Å²) < 4.78 is 5.30. The van der Waals surface area contributed by atoms with Gasteiger partial charge in [0.15, 0.2) is 0 Å². The third-order valence-corrected chi connectivity index (χ3v) is 5.72. The molecule has 0 saturated carbocycles. The second-order valence-corrected chi connectivity index (χ2v) is 8.01. The smallest absolute Gasteiger partial charge is 0.231 e. The van der Waals surface area contributed by atoms with Gasteiger partial charge in [-0.15, -0.1) is 10.2 Å². The minimum absolute atomic E-state index is 0.00557. The molecule has 3 aromatic rings. The SMILES string of the molecule is COc1ccc2[nH]cc(CCN3C[C@H](C(=O)Nc4nnc(C)s4)CC3=O)c2c1. The van der Waals surface area contributed by atoms with Crippen molar-refractivity contribution < 1.29 is 14.3 Å². The number of H-pyrrole nitrogens is 1. The predicted molar refractivity (Wildman–Crippen MR) is 107 cm³/mol. The molecule has 2 amide bonds. The highest BCUT2D eigenvalue weighted by Crippen LogP contribution is 2.26. The van der Waals surface area contributed by atoms with Crippen LogP contribution in [0.1, 0.15) is 17.0 Å². The van der Waals surface area contributed by atoms with E-state index in [0.717, 1.165) is 27.2 Å². The molecular weight excluding hydrogens is 378 g/mol. The van der Waals surface area contributed by atoms with E-state index in [9.17, 15) is 9.59 Å². The number of rotatable bonds is 6. The summed E-state index contributed by atoms with van der Waals surface area (Å²) in [6.45, 7) is 2.83. The fourth-order valence-corrected chi connectivity index (χ4v) is 4.06. The second-order valence-electron chi connectivity index (χ2n) is 6.83. The van der Waals surface area contributed by atoms with Crippen LogP contribution in [0.4, 0.5) is 5.13 Å². The number of anilines is 1. The van der Waals surface area contributed by atoms with Crippen molar-refractivity contribution in [3.8, 4) is 5.75 Å². The summed E-state index contributed by atoms with van der Waals surface area (Å²) in [7, 11) is 1.64. The lowest BCUT2D eigenvalue weighted by atomic mass is 10.1. The van der Waals surface area contributed by atoms with E-state index in [2.05, 4.69) is 20.5 Å². The zero-order chi connectivity index (χ0) is 19.7. The maximum atomic E-state index is 12.4. The van der Waals surface area contributed by atoms with Crippen molar-refractivity contribution in [3.63, 3.8) is 0 Å². The number of benzene rings is 1. The molecular formula is C19H21N5O3S. The number of aromatic nitrogens is 3. The molecule has 1 aromatic carbocycles. The first-order valence-electron chi connectivity index (χ1n) is 9.06. The lowest BCUT2D eigenvalue weighted by Crippen LogP contribution is -2.30. The number of carbonyl (C=O) groups is 2. The van der Waals surface area contributed by atoms with Crippen molar-refractivity contribution in [3.05, 3.63) is 35.0 Å². The van der Waals surface area contributed by atoms with Crippen molar-refractivity contribution in [2.24, 2.45) is 5.92 Å². The summed E-state index contributed by atoms with van der Waals surface area (Å²) in [6.07, 6.45) is 2.90. The molecule has 1 fully saturated rings. The standard InChI is InChI=1S/C19H21N5O3S/c1-11-22-23-19(28-11)21-18(26)13-7-17(25)24(10-13)6-5-12-9-20-16-4-3-14(27-2)8-15(12)16/h3-4,8-9,13,20H,5-7,10H2,1-2H3,(H,21,23,26)/t13-/m1/s1. The van der Waals surface area contributed by atoms with Crippen LogP contribution in [-0.4, -0.2) is 52.1 Å². The number of fused-ring (bicyclic) bond motifs is 1. The topological polar surface area (TPSA) is 100 Å². The molecule has 1 saturated heterocycles. The fraction of sp³-hybridized carbons (Fsp3) is 0.368. The number of hydrogen-bond donors (Lipinski definition) is 2. The highest BCUT2D eigenvalue weighted by atomic mass is 32.1. The quantitative estimate of drug-likeness (QED) is 0.663. The van der Waals surface area contributed by atoms with Gasteiger partial charge < -0.3 is 19.9 Å². The number of aromatic amines is 1. The number of methoxy groups -OCH3 is 1. The summed E-state index contributed by atoms with van der Waals surface area (Å²) in [4.78, 5) is 29.8.